The molecule has 0 aromatic carbocycles. The van der Waals surface area contributed by atoms with Gasteiger partial charge in [-0.3, -0.25) is 4.68 Å². The number of aromatic nitrogens is 4. The van der Waals surface area contributed by atoms with E-state index >= 15 is 0 Å². The summed E-state index contributed by atoms with van der Waals surface area (Å²) in [6.07, 6.45) is 4.46. The first-order valence-electron chi connectivity index (χ1n) is 4.48. The largest absolute Gasteiger partial charge is 0.432 e. The van der Waals surface area contributed by atoms with Crippen molar-refractivity contribution in [2.75, 3.05) is 0 Å². The zero-order chi connectivity index (χ0) is 10.7. The number of aryl methyl sites for hydroxylation is 1. The van der Waals surface area contributed by atoms with Crippen LogP contribution < -0.4 is 4.74 Å². The predicted molar refractivity (Wildman–Crippen MR) is 57.5 cm³/mol. The molecule has 0 unspecified atom stereocenters. The number of rotatable bonds is 4. The van der Waals surface area contributed by atoms with Crippen LogP contribution in [0.5, 0.6) is 11.6 Å². The van der Waals surface area contributed by atoms with Gasteiger partial charge in [0, 0.05) is 6.54 Å². The van der Waals surface area contributed by atoms with Gasteiger partial charge in [0.1, 0.15) is 0 Å². The van der Waals surface area contributed by atoms with Gasteiger partial charge in [-0.25, -0.2) is 0 Å². The van der Waals surface area contributed by atoms with E-state index in [1.165, 1.54) is 0 Å². The molecule has 0 fully saturated rings. The Hall–Kier alpha value is -1.14. The van der Waals surface area contributed by atoms with E-state index in [4.69, 9.17) is 16.3 Å². The Labute approximate surface area is 96.0 Å². The Morgan fingerprint density at radius 1 is 1.53 bits per heavy atom. The van der Waals surface area contributed by atoms with Crippen molar-refractivity contribution in [3.05, 3.63) is 17.5 Å². The Balaban J connectivity index is 2.08. The number of hydrogen-bond acceptors (Lipinski definition) is 5. The van der Waals surface area contributed by atoms with E-state index in [1.807, 2.05) is 4.68 Å². The van der Waals surface area contributed by atoms with Crippen LogP contribution >= 0.6 is 23.3 Å². The van der Waals surface area contributed by atoms with E-state index in [1.54, 1.807) is 12.4 Å². The van der Waals surface area contributed by atoms with Gasteiger partial charge >= 0.3 is 0 Å². The molecule has 0 saturated heterocycles. The lowest BCUT2D eigenvalue weighted by molar-refractivity contribution is 0.466. The van der Waals surface area contributed by atoms with Crippen LogP contribution in [0.25, 0.3) is 0 Å². The average Bonchev–Trinajstić information content (AvgIpc) is 2.79. The molecule has 0 saturated carbocycles. The molecular weight excluding hydrogens is 236 g/mol. The second-order valence-corrected chi connectivity index (χ2v) is 3.79. The minimum absolute atomic E-state index is 0.281. The molecule has 0 aliphatic heterocycles. The molecule has 2 aromatic heterocycles. The van der Waals surface area contributed by atoms with Crippen LogP contribution in [0.2, 0.25) is 5.15 Å². The molecule has 0 aliphatic rings. The molecule has 0 N–H and O–H groups in total. The zero-order valence-electron chi connectivity index (χ0n) is 8.05. The summed E-state index contributed by atoms with van der Waals surface area (Å²) in [4.78, 5) is 0. The monoisotopic (exact) mass is 244 g/mol. The summed E-state index contributed by atoms with van der Waals surface area (Å²) in [6, 6.07) is 0. The molecule has 2 heterocycles. The lowest BCUT2D eigenvalue weighted by Gasteiger charge is -1.97. The average molecular weight is 245 g/mol. The van der Waals surface area contributed by atoms with Gasteiger partial charge in [-0.15, -0.1) is 4.37 Å². The maximum atomic E-state index is 5.74. The van der Waals surface area contributed by atoms with Gasteiger partial charge in [-0.1, -0.05) is 18.5 Å². The highest BCUT2D eigenvalue weighted by Crippen LogP contribution is 2.26. The number of hydrogen-bond donors (Lipinski definition) is 0. The Morgan fingerprint density at radius 3 is 3.07 bits per heavy atom. The fourth-order valence-electron chi connectivity index (χ4n) is 1.09. The van der Waals surface area contributed by atoms with Crippen molar-refractivity contribution in [1.82, 2.24) is 18.5 Å². The third kappa shape index (κ3) is 2.45. The van der Waals surface area contributed by atoms with Crippen molar-refractivity contribution in [2.45, 2.75) is 19.9 Å². The molecule has 0 amide bonds. The molecule has 2 rings (SSSR count). The maximum Gasteiger partial charge on any atom is 0.271 e. The minimum atomic E-state index is 0.281. The van der Waals surface area contributed by atoms with Crippen molar-refractivity contribution in [3.63, 3.8) is 0 Å². The van der Waals surface area contributed by atoms with E-state index in [2.05, 4.69) is 20.8 Å². The van der Waals surface area contributed by atoms with Crippen LogP contribution in [-0.4, -0.2) is 18.5 Å². The summed E-state index contributed by atoms with van der Waals surface area (Å²) in [5.41, 5.74) is 0. The van der Waals surface area contributed by atoms with Crippen molar-refractivity contribution >= 4 is 23.3 Å². The van der Waals surface area contributed by atoms with Gasteiger partial charge in [-0.2, -0.15) is 9.47 Å². The van der Waals surface area contributed by atoms with Crippen LogP contribution in [0.4, 0.5) is 0 Å². The van der Waals surface area contributed by atoms with Gasteiger partial charge in [-0.05, 0) is 6.42 Å². The third-order valence-corrected chi connectivity index (χ3v) is 2.56. The molecule has 0 aliphatic carbocycles. The molecule has 2 aromatic rings. The van der Waals surface area contributed by atoms with Gasteiger partial charge in [0.2, 0.25) is 5.15 Å². The van der Waals surface area contributed by atoms with Crippen LogP contribution in [0.1, 0.15) is 13.3 Å². The minimum Gasteiger partial charge on any atom is -0.432 e. The summed E-state index contributed by atoms with van der Waals surface area (Å²) >= 11 is 6.76. The smallest absolute Gasteiger partial charge is 0.271 e. The predicted octanol–water partition coefficient (Wildman–Crippen LogP) is 2.59. The summed E-state index contributed by atoms with van der Waals surface area (Å²) in [7, 11) is 0. The molecule has 5 nitrogen and oxygen atoms in total. The van der Waals surface area contributed by atoms with E-state index in [0.717, 1.165) is 24.7 Å². The van der Waals surface area contributed by atoms with E-state index in [9.17, 15) is 0 Å². The van der Waals surface area contributed by atoms with Crippen LogP contribution in [-0.2, 0) is 6.54 Å². The maximum absolute atomic E-state index is 5.74. The van der Waals surface area contributed by atoms with E-state index in [-0.39, 0.29) is 5.15 Å². The van der Waals surface area contributed by atoms with E-state index < -0.39 is 0 Å². The highest BCUT2D eigenvalue weighted by molar-refractivity contribution is 6.99. The topological polar surface area (TPSA) is 52.8 Å². The second-order valence-electron chi connectivity index (χ2n) is 2.90. The standard InChI is InChI=1S/C8H9ClN4OS/c1-2-3-13-5-6(4-10-13)14-8-7(9)11-15-12-8/h4-5H,2-3H2,1H3. The lowest BCUT2D eigenvalue weighted by atomic mass is 10.5. The second kappa shape index (κ2) is 4.59. The molecule has 15 heavy (non-hydrogen) atoms. The van der Waals surface area contributed by atoms with Crippen molar-refractivity contribution < 1.29 is 4.74 Å². The Kier molecular flexibility index (Phi) is 3.17. The van der Waals surface area contributed by atoms with Gasteiger partial charge in [0.15, 0.2) is 5.75 Å². The fraction of sp³-hybridized carbons (Fsp3) is 0.375. The molecule has 80 valence electrons. The molecule has 0 spiro atoms. The third-order valence-electron chi connectivity index (χ3n) is 1.70. The zero-order valence-corrected chi connectivity index (χ0v) is 9.62. The van der Waals surface area contributed by atoms with E-state index in [0.29, 0.717) is 11.6 Å². The molecular formula is C8H9ClN4OS. The van der Waals surface area contributed by atoms with Crippen LogP contribution in [0.15, 0.2) is 12.4 Å². The highest BCUT2D eigenvalue weighted by atomic mass is 35.5. The van der Waals surface area contributed by atoms with Crippen LogP contribution in [0.3, 0.4) is 0 Å². The first-order chi connectivity index (χ1) is 7.29. The Morgan fingerprint density at radius 2 is 2.40 bits per heavy atom. The van der Waals surface area contributed by atoms with Crippen molar-refractivity contribution in [2.24, 2.45) is 0 Å². The molecule has 7 heteroatoms. The van der Waals surface area contributed by atoms with Crippen molar-refractivity contribution in [1.29, 1.82) is 0 Å². The summed E-state index contributed by atoms with van der Waals surface area (Å²) in [5.74, 6) is 0.954. The van der Waals surface area contributed by atoms with Gasteiger partial charge in [0.25, 0.3) is 5.88 Å². The van der Waals surface area contributed by atoms with Gasteiger partial charge < -0.3 is 4.74 Å². The first-order valence-corrected chi connectivity index (χ1v) is 5.58. The number of nitrogens with zero attached hydrogens (tertiary/aromatic N) is 4. The number of halogens is 1. The SMILES string of the molecule is CCCn1cc(Oc2nsnc2Cl)cn1. The summed E-state index contributed by atoms with van der Waals surface area (Å²) in [5, 5.41) is 4.40. The lowest BCUT2D eigenvalue weighted by Crippen LogP contribution is -1.95. The van der Waals surface area contributed by atoms with Gasteiger partial charge in [0.05, 0.1) is 24.1 Å². The molecule has 0 atom stereocenters. The van der Waals surface area contributed by atoms with Crippen molar-refractivity contribution in [3.8, 4) is 11.6 Å². The summed E-state index contributed by atoms with van der Waals surface area (Å²) in [6.45, 7) is 2.95. The Bertz CT molecular complexity index is 441. The normalized spacial score (nSPS) is 10.5. The fourth-order valence-corrected chi connectivity index (χ4v) is 1.70. The quantitative estimate of drug-likeness (QED) is 0.830. The molecule has 0 radical (unpaired) electrons. The molecule has 0 bridgehead atoms. The first kappa shape index (κ1) is 10.4. The highest BCUT2D eigenvalue weighted by Gasteiger charge is 2.08. The number of ether oxygens (including phenoxy) is 1. The summed E-state index contributed by atoms with van der Waals surface area (Å²) < 4.78 is 14.9. The van der Waals surface area contributed by atoms with Crippen LogP contribution in [0, 0.1) is 0 Å².